The Balaban J connectivity index is 2.88. The molecule has 66 valence electrons. The largest absolute Gasteiger partial charge is 0.346 e. The van der Waals surface area contributed by atoms with Crippen LogP contribution >= 0.6 is 11.6 Å². The van der Waals surface area contributed by atoms with E-state index >= 15 is 0 Å². The van der Waals surface area contributed by atoms with Gasteiger partial charge in [-0.2, -0.15) is 0 Å². The van der Waals surface area contributed by atoms with Gasteiger partial charge in [0, 0.05) is 23.3 Å². The van der Waals surface area contributed by atoms with Crippen molar-refractivity contribution in [2.75, 3.05) is 0 Å². The van der Waals surface area contributed by atoms with E-state index in [0.29, 0.717) is 16.2 Å². The predicted octanol–water partition coefficient (Wildman–Crippen LogP) is 2.42. The minimum Gasteiger partial charge on any atom is -0.346 e. The highest BCUT2D eigenvalue weighted by Gasteiger charge is 2.11. The van der Waals surface area contributed by atoms with Gasteiger partial charge in [0.05, 0.1) is 5.02 Å². The molecule has 2 aromatic heterocycles. The molecule has 2 heterocycles. The van der Waals surface area contributed by atoms with Crippen LogP contribution in [0.5, 0.6) is 0 Å². The normalized spacial score (nSPS) is 10.6. The first-order valence-electron chi connectivity index (χ1n) is 3.82. The minimum atomic E-state index is -0.0444. The quantitative estimate of drug-likeness (QED) is 0.709. The van der Waals surface area contributed by atoms with Gasteiger partial charge in [-0.25, -0.2) is 4.98 Å². The molecule has 13 heavy (non-hydrogen) atoms. The fourth-order valence-corrected chi connectivity index (χ4v) is 1.63. The maximum Gasteiger partial charge on any atom is 0.162 e. The second kappa shape index (κ2) is 2.85. The zero-order chi connectivity index (χ0) is 9.42. The number of rotatable bonds is 1. The fourth-order valence-electron chi connectivity index (χ4n) is 1.34. The number of halogens is 1. The van der Waals surface area contributed by atoms with Crippen molar-refractivity contribution in [1.82, 2.24) is 9.97 Å². The fraction of sp³-hybridized carbons (Fsp3) is 0.111. The molecule has 0 bridgehead atoms. The monoisotopic (exact) mass is 194 g/mol. The van der Waals surface area contributed by atoms with Gasteiger partial charge in [0.1, 0.15) is 5.65 Å². The number of carbonyl (C=O) groups excluding carboxylic acids is 1. The van der Waals surface area contributed by atoms with Crippen molar-refractivity contribution < 1.29 is 4.79 Å². The Kier molecular flexibility index (Phi) is 1.81. The van der Waals surface area contributed by atoms with Gasteiger partial charge >= 0.3 is 0 Å². The lowest BCUT2D eigenvalue weighted by molar-refractivity contribution is 0.101. The molecule has 0 aromatic carbocycles. The molecular weight excluding hydrogens is 188 g/mol. The van der Waals surface area contributed by atoms with E-state index in [1.807, 2.05) is 0 Å². The maximum atomic E-state index is 11.3. The molecule has 0 aliphatic heterocycles. The molecule has 0 saturated heterocycles. The summed E-state index contributed by atoms with van der Waals surface area (Å²) in [4.78, 5) is 18.2. The number of hydrogen-bond acceptors (Lipinski definition) is 2. The molecule has 0 spiro atoms. The SMILES string of the molecule is CC(=O)c1c(Cl)cnc2[nH]ccc12. The van der Waals surface area contributed by atoms with Crippen LogP contribution in [0.15, 0.2) is 18.5 Å². The van der Waals surface area contributed by atoms with Crippen LogP contribution in [0.1, 0.15) is 17.3 Å². The summed E-state index contributed by atoms with van der Waals surface area (Å²) in [5, 5.41) is 1.18. The summed E-state index contributed by atoms with van der Waals surface area (Å²) >= 11 is 5.86. The maximum absolute atomic E-state index is 11.3. The molecule has 0 aliphatic carbocycles. The number of H-pyrrole nitrogens is 1. The van der Waals surface area contributed by atoms with Crippen molar-refractivity contribution >= 4 is 28.4 Å². The topological polar surface area (TPSA) is 45.8 Å². The zero-order valence-corrected chi connectivity index (χ0v) is 7.72. The van der Waals surface area contributed by atoms with E-state index in [-0.39, 0.29) is 5.78 Å². The van der Waals surface area contributed by atoms with E-state index in [1.165, 1.54) is 13.1 Å². The Morgan fingerprint density at radius 1 is 1.62 bits per heavy atom. The molecule has 0 radical (unpaired) electrons. The second-order valence-electron chi connectivity index (χ2n) is 2.78. The summed E-state index contributed by atoms with van der Waals surface area (Å²) in [6.45, 7) is 1.49. The first kappa shape index (κ1) is 8.26. The Morgan fingerprint density at radius 3 is 3.08 bits per heavy atom. The highest BCUT2D eigenvalue weighted by Crippen LogP contribution is 2.23. The lowest BCUT2D eigenvalue weighted by atomic mass is 10.1. The number of ketones is 1. The van der Waals surface area contributed by atoms with Crippen LogP contribution in [-0.2, 0) is 0 Å². The van der Waals surface area contributed by atoms with Gasteiger partial charge < -0.3 is 4.98 Å². The van der Waals surface area contributed by atoms with Crippen LogP contribution in [0.4, 0.5) is 0 Å². The van der Waals surface area contributed by atoms with Crippen molar-refractivity contribution in [2.45, 2.75) is 6.92 Å². The number of aromatic amines is 1. The summed E-state index contributed by atoms with van der Waals surface area (Å²) in [6, 6.07) is 1.80. The van der Waals surface area contributed by atoms with Crippen molar-refractivity contribution in [3.63, 3.8) is 0 Å². The Morgan fingerprint density at radius 2 is 2.38 bits per heavy atom. The number of pyridine rings is 1. The lowest BCUT2D eigenvalue weighted by Crippen LogP contribution is -1.95. The molecule has 3 nitrogen and oxygen atoms in total. The highest BCUT2D eigenvalue weighted by molar-refractivity contribution is 6.35. The summed E-state index contributed by atoms with van der Waals surface area (Å²) in [5.74, 6) is -0.0444. The average Bonchev–Trinajstić information content (AvgIpc) is 2.50. The Labute approximate surface area is 79.7 Å². The van der Waals surface area contributed by atoms with Crippen molar-refractivity contribution in [1.29, 1.82) is 0 Å². The number of aromatic nitrogens is 2. The standard InChI is InChI=1S/C9H7ClN2O/c1-5(13)8-6-2-3-11-9(6)12-4-7(8)10/h2-4H,1H3,(H,11,12). The molecular formula is C9H7ClN2O. The van der Waals surface area contributed by atoms with E-state index in [2.05, 4.69) is 9.97 Å². The molecule has 0 aliphatic rings. The number of nitrogens with one attached hydrogen (secondary N) is 1. The van der Waals surface area contributed by atoms with Crippen LogP contribution < -0.4 is 0 Å². The highest BCUT2D eigenvalue weighted by atomic mass is 35.5. The second-order valence-corrected chi connectivity index (χ2v) is 3.18. The third-order valence-corrected chi connectivity index (χ3v) is 2.18. The van der Waals surface area contributed by atoms with E-state index in [4.69, 9.17) is 11.6 Å². The predicted molar refractivity (Wildman–Crippen MR) is 51.1 cm³/mol. The number of nitrogens with zero attached hydrogens (tertiary/aromatic N) is 1. The van der Waals surface area contributed by atoms with Gasteiger partial charge in [0.15, 0.2) is 5.78 Å². The van der Waals surface area contributed by atoms with Crippen LogP contribution in [0, 0.1) is 0 Å². The smallest absolute Gasteiger partial charge is 0.162 e. The van der Waals surface area contributed by atoms with Gasteiger partial charge in [-0.3, -0.25) is 4.79 Å². The van der Waals surface area contributed by atoms with E-state index < -0.39 is 0 Å². The Hall–Kier alpha value is -1.35. The summed E-state index contributed by atoms with van der Waals surface area (Å²) in [6.07, 6.45) is 3.22. The van der Waals surface area contributed by atoms with E-state index in [9.17, 15) is 4.79 Å². The number of carbonyl (C=O) groups is 1. The van der Waals surface area contributed by atoms with Crippen LogP contribution in [-0.4, -0.2) is 15.8 Å². The molecule has 2 aromatic rings. The van der Waals surface area contributed by atoms with Crippen LogP contribution in [0.3, 0.4) is 0 Å². The third-order valence-electron chi connectivity index (χ3n) is 1.89. The first-order chi connectivity index (χ1) is 6.20. The molecule has 0 fully saturated rings. The molecule has 4 heteroatoms. The van der Waals surface area contributed by atoms with Gasteiger partial charge in [0.2, 0.25) is 0 Å². The van der Waals surface area contributed by atoms with Gasteiger partial charge in [-0.1, -0.05) is 11.6 Å². The zero-order valence-electron chi connectivity index (χ0n) is 6.97. The van der Waals surface area contributed by atoms with E-state index in [1.54, 1.807) is 12.3 Å². The lowest BCUT2D eigenvalue weighted by Gasteiger charge is -1.99. The Bertz CT molecular complexity index is 475. The van der Waals surface area contributed by atoms with Crippen LogP contribution in [0.2, 0.25) is 5.02 Å². The van der Waals surface area contributed by atoms with Crippen molar-refractivity contribution in [2.24, 2.45) is 0 Å². The number of Topliss-reactive ketones (excluding diaryl/α,β-unsaturated/α-hetero) is 1. The average molecular weight is 195 g/mol. The molecule has 0 amide bonds. The van der Waals surface area contributed by atoms with Gasteiger partial charge in [0.25, 0.3) is 0 Å². The first-order valence-corrected chi connectivity index (χ1v) is 4.20. The number of hydrogen-bond donors (Lipinski definition) is 1. The summed E-state index contributed by atoms with van der Waals surface area (Å²) in [5.41, 5.74) is 1.22. The van der Waals surface area contributed by atoms with Gasteiger partial charge in [-0.05, 0) is 13.0 Å². The van der Waals surface area contributed by atoms with Crippen LogP contribution in [0.25, 0.3) is 11.0 Å². The molecule has 0 atom stereocenters. The minimum absolute atomic E-state index is 0.0444. The van der Waals surface area contributed by atoms with Crippen molar-refractivity contribution in [3.05, 3.63) is 29.0 Å². The summed E-state index contributed by atoms with van der Waals surface area (Å²) < 4.78 is 0. The molecule has 2 rings (SSSR count). The molecule has 0 unspecified atom stereocenters. The van der Waals surface area contributed by atoms with E-state index in [0.717, 1.165) is 5.39 Å². The van der Waals surface area contributed by atoms with Crippen molar-refractivity contribution in [3.8, 4) is 0 Å². The number of fused-ring (bicyclic) bond motifs is 1. The summed E-state index contributed by atoms with van der Waals surface area (Å²) in [7, 11) is 0. The third kappa shape index (κ3) is 1.21. The molecule has 0 saturated carbocycles. The molecule has 1 N–H and O–H groups in total. The van der Waals surface area contributed by atoms with Gasteiger partial charge in [-0.15, -0.1) is 0 Å².